The number of nitrogens with zero attached hydrogens (tertiary/aromatic N) is 1. The molecule has 1 rings (SSSR count). The number of aliphatic carboxylic acids is 1. The van der Waals surface area contributed by atoms with Crippen LogP contribution in [-0.4, -0.2) is 16.1 Å². The van der Waals surface area contributed by atoms with Crippen molar-refractivity contribution in [3.63, 3.8) is 0 Å². The van der Waals surface area contributed by atoms with Crippen molar-refractivity contribution in [3.8, 4) is 0 Å². The first kappa shape index (κ1) is 12.5. The van der Waals surface area contributed by atoms with Gasteiger partial charge in [0.25, 0.3) is 6.43 Å². The molecule has 15 heavy (non-hydrogen) atoms. The summed E-state index contributed by atoms with van der Waals surface area (Å²) in [6, 6.07) is 1.28. The summed E-state index contributed by atoms with van der Waals surface area (Å²) in [5.74, 6) is -1.16. The van der Waals surface area contributed by atoms with Crippen LogP contribution in [0.25, 0.3) is 0 Å². The van der Waals surface area contributed by atoms with Crippen molar-refractivity contribution in [2.75, 3.05) is 0 Å². The van der Waals surface area contributed by atoms with Crippen LogP contribution in [0.5, 0.6) is 0 Å². The van der Waals surface area contributed by atoms with E-state index in [1.807, 2.05) is 0 Å². The van der Waals surface area contributed by atoms with Crippen LogP contribution in [0.3, 0.4) is 0 Å². The molecule has 0 saturated heterocycles. The SMILES string of the molecule is O=C(O)Cc1cc(Br)nc(Br)c1C(F)F. The van der Waals surface area contributed by atoms with Crippen molar-refractivity contribution in [2.24, 2.45) is 0 Å². The molecule has 1 aromatic heterocycles. The minimum Gasteiger partial charge on any atom is -0.481 e. The van der Waals surface area contributed by atoms with Crippen LogP contribution in [0.1, 0.15) is 17.6 Å². The first-order valence-electron chi connectivity index (χ1n) is 3.76. The first-order valence-corrected chi connectivity index (χ1v) is 5.35. The summed E-state index contributed by atoms with van der Waals surface area (Å²) in [6.45, 7) is 0. The van der Waals surface area contributed by atoms with Gasteiger partial charge in [0.05, 0.1) is 12.0 Å². The maximum Gasteiger partial charge on any atom is 0.307 e. The van der Waals surface area contributed by atoms with Crippen molar-refractivity contribution in [3.05, 3.63) is 26.4 Å². The fourth-order valence-electron chi connectivity index (χ4n) is 1.08. The summed E-state index contributed by atoms with van der Waals surface area (Å²) in [6.07, 6.45) is -3.21. The Kier molecular flexibility index (Phi) is 4.15. The van der Waals surface area contributed by atoms with Gasteiger partial charge in [0.15, 0.2) is 0 Å². The highest BCUT2D eigenvalue weighted by Crippen LogP contribution is 2.31. The zero-order chi connectivity index (χ0) is 11.6. The molecule has 1 heterocycles. The zero-order valence-corrected chi connectivity index (χ0v) is 10.3. The molecule has 0 aliphatic heterocycles. The topological polar surface area (TPSA) is 50.2 Å². The third kappa shape index (κ3) is 3.20. The normalized spacial score (nSPS) is 10.7. The lowest BCUT2D eigenvalue weighted by Crippen LogP contribution is -2.06. The Morgan fingerprint density at radius 2 is 2.13 bits per heavy atom. The Balaban J connectivity index is 3.26. The fraction of sp³-hybridized carbons (Fsp3) is 0.250. The van der Waals surface area contributed by atoms with Crippen LogP contribution in [0.2, 0.25) is 0 Å². The highest BCUT2D eigenvalue weighted by atomic mass is 79.9. The van der Waals surface area contributed by atoms with E-state index in [0.29, 0.717) is 4.60 Å². The second-order valence-corrected chi connectivity index (χ2v) is 4.24. The smallest absolute Gasteiger partial charge is 0.307 e. The monoisotopic (exact) mass is 343 g/mol. The molecule has 0 saturated carbocycles. The second-order valence-electron chi connectivity index (χ2n) is 2.68. The number of aromatic nitrogens is 1. The maximum absolute atomic E-state index is 12.6. The quantitative estimate of drug-likeness (QED) is 0.857. The highest BCUT2D eigenvalue weighted by molar-refractivity contribution is 9.11. The standard InChI is InChI=1S/C8H5Br2F2NO2/c9-4-1-3(2-5(14)15)6(8(11)12)7(10)13-4/h1,8H,2H2,(H,14,15). The van der Waals surface area contributed by atoms with Crippen molar-refractivity contribution in [1.82, 2.24) is 4.98 Å². The van der Waals surface area contributed by atoms with E-state index >= 15 is 0 Å². The number of carboxylic acid groups (broad SMARTS) is 1. The van der Waals surface area contributed by atoms with Crippen LogP contribution in [-0.2, 0) is 11.2 Å². The lowest BCUT2D eigenvalue weighted by molar-refractivity contribution is -0.136. The third-order valence-electron chi connectivity index (χ3n) is 1.63. The average Bonchev–Trinajstić information content (AvgIpc) is 1.99. The summed E-state index contributed by atoms with van der Waals surface area (Å²) in [5, 5.41) is 8.56. The summed E-state index contributed by atoms with van der Waals surface area (Å²) < 4.78 is 25.5. The van der Waals surface area contributed by atoms with Gasteiger partial charge in [-0.2, -0.15) is 0 Å². The van der Waals surface area contributed by atoms with Crippen LogP contribution in [0.15, 0.2) is 15.3 Å². The Labute approximate surface area is 101 Å². The molecule has 0 unspecified atom stereocenters. The van der Waals surface area contributed by atoms with E-state index < -0.39 is 18.8 Å². The molecule has 1 N–H and O–H groups in total. The van der Waals surface area contributed by atoms with Gasteiger partial charge in [-0.15, -0.1) is 0 Å². The lowest BCUT2D eigenvalue weighted by atomic mass is 10.1. The second kappa shape index (κ2) is 4.98. The van der Waals surface area contributed by atoms with Gasteiger partial charge in [-0.05, 0) is 43.5 Å². The molecule has 0 fully saturated rings. The molecule has 0 atom stereocenters. The Morgan fingerprint density at radius 1 is 1.53 bits per heavy atom. The first-order chi connectivity index (χ1) is 6.91. The molecule has 1 aromatic rings. The predicted octanol–water partition coefficient (Wildman–Crippen LogP) is 3.17. The highest BCUT2D eigenvalue weighted by Gasteiger charge is 2.20. The van der Waals surface area contributed by atoms with Gasteiger partial charge in [0.1, 0.15) is 9.21 Å². The minimum absolute atomic E-state index is 0.0388. The van der Waals surface area contributed by atoms with Crippen LogP contribution in [0.4, 0.5) is 8.78 Å². The fourth-order valence-corrected chi connectivity index (χ4v) is 2.39. The van der Waals surface area contributed by atoms with Crippen molar-refractivity contribution in [2.45, 2.75) is 12.8 Å². The van der Waals surface area contributed by atoms with E-state index in [0.717, 1.165) is 0 Å². The molecular formula is C8H5Br2F2NO2. The number of hydrogen-bond acceptors (Lipinski definition) is 2. The molecule has 0 aliphatic carbocycles. The molecule has 0 aliphatic rings. The molecule has 0 bridgehead atoms. The van der Waals surface area contributed by atoms with Gasteiger partial charge in [-0.3, -0.25) is 4.79 Å². The minimum atomic E-state index is -2.76. The van der Waals surface area contributed by atoms with Crippen molar-refractivity contribution in [1.29, 1.82) is 0 Å². The van der Waals surface area contributed by atoms with Gasteiger partial charge in [0.2, 0.25) is 0 Å². The van der Waals surface area contributed by atoms with Gasteiger partial charge in [0, 0.05) is 0 Å². The van der Waals surface area contributed by atoms with E-state index in [-0.39, 0.29) is 15.7 Å². The van der Waals surface area contributed by atoms with Crippen molar-refractivity contribution >= 4 is 37.8 Å². The number of alkyl halides is 2. The Morgan fingerprint density at radius 3 is 2.60 bits per heavy atom. The molecule has 0 radical (unpaired) electrons. The largest absolute Gasteiger partial charge is 0.481 e. The molecule has 0 spiro atoms. The summed E-state index contributed by atoms with van der Waals surface area (Å²) >= 11 is 5.88. The van der Waals surface area contributed by atoms with E-state index in [1.165, 1.54) is 6.07 Å². The number of pyridine rings is 1. The molecule has 82 valence electrons. The van der Waals surface area contributed by atoms with Gasteiger partial charge < -0.3 is 5.11 Å². The number of carboxylic acids is 1. The number of hydrogen-bond donors (Lipinski definition) is 1. The maximum atomic E-state index is 12.6. The van der Waals surface area contributed by atoms with Gasteiger partial charge in [-0.1, -0.05) is 0 Å². The Hall–Kier alpha value is -0.560. The van der Waals surface area contributed by atoms with E-state index in [1.54, 1.807) is 0 Å². The number of halogens is 4. The van der Waals surface area contributed by atoms with Gasteiger partial charge in [-0.25, -0.2) is 13.8 Å². The third-order valence-corrected chi connectivity index (χ3v) is 2.64. The summed E-state index contributed by atoms with van der Waals surface area (Å²) in [7, 11) is 0. The summed E-state index contributed by atoms with van der Waals surface area (Å²) in [5.41, 5.74) is -0.327. The Bertz CT molecular complexity index is 398. The average molecular weight is 345 g/mol. The number of carbonyl (C=O) groups is 1. The molecule has 0 amide bonds. The van der Waals surface area contributed by atoms with Crippen LogP contribution >= 0.6 is 31.9 Å². The zero-order valence-electron chi connectivity index (χ0n) is 7.18. The predicted molar refractivity (Wildman–Crippen MR) is 55.9 cm³/mol. The van der Waals surface area contributed by atoms with E-state index in [2.05, 4.69) is 36.8 Å². The molecule has 0 aromatic carbocycles. The van der Waals surface area contributed by atoms with Crippen LogP contribution in [0, 0.1) is 0 Å². The molecule has 7 heteroatoms. The van der Waals surface area contributed by atoms with E-state index in [4.69, 9.17) is 5.11 Å². The van der Waals surface area contributed by atoms with E-state index in [9.17, 15) is 13.6 Å². The van der Waals surface area contributed by atoms with Crippen LogP contribution < -0.4 is 0 Å². The molecule has 3 nitrogen and oxygen atoms in total. The lowest BCUT2D eigenvalue weighted by Gasteiger charge is -2.09. The van der Waals surface area contributed by atoms with Crippen molar-refractivity contribution < 1.29 is 18.7 Å². The molecular weight excluding hydrogens is 340 g/mol. The van der Waals surface area contributed by atoms with Gasteiger partial charge >= 0.3 is 5.97 Å². The number of rotatable bonds is 3. The summed E-state index contributed by atoms with van der Waals surface area (Å²) in [4.78, 5) is 14.2.